The van der Waals surface area contributed by atoms with Gasteiger partial charge in [-0.3, -0.25) is 0 Å². The molecule has 0 aliphatic rings. The second kappa shape index (κ2) is 14.1. The van der Waals surface area contributed by atoms with E-state index in [0.717, 1.165) is 22.7 Å². The van der Waals surface area contributed by atoms with E-state index in [1.54, 1.807) is 0 Å². The molecule has 2 heteroatoms. The molecule has 0 radical (unpaired) electrons. The maximum Gasteiger partial charge on any atom is 0.0562 e. The standard InChI is InChI=1S/C56H38N2/c1-3-15-41(16-4-1)49-23-11-18-43-19-12-24-50(55(43)49)42-32-36-48(37-33-42)57(47-34-30-40(31-35-47)45-29-28-39-14-7-8-17-44(39)38-45)53-26-13-27-54-56(53)51-22-9-10-25-52(51)58(54)46-20-5-2-6-21-46/h1-38H. The lowest BCUT2D eigenvalue weighted by Gasteiger charge is -2.27. The first-order chi connectivity index (χ1) is 28.8. The first-order valence-electron chi connectivity index (χ1n) is 19.9. The van der Waals surface area contributed by atoms with E-state index in [9.17, 15) is 0 Å². The number of benzene rings is 10. The number of aromatic nitrogens is 1. The van der Waals surface area contributed by atoms with Crippen molar-refractivity contribution in [3.05, 3.63) is 231 Å². The van der Waals surface area contributed by atoms with Crippen LogP contribution in [0.15, 0.2) is 231 Å². The van der Waals surface area contributed by atoms with Gasteiger partial charge in [0.25, 0.3) is 0 Å². The van der Waals surface area contributed by atoms with Gasteiger partial charge in [-0.2, -0.15) is 0 Å². The molecule has 0 aliphatic carbocycles. The van der Waals surface area contributed by atoms with Gasteiger partial charge in [0.05, 0.1) is 16.7 Å². The smallest absolute Gasteiger partial charge is 0.0562 e. The Balaban J connectivity index is 1.09. The maximum absolute atomic E-state index is 2.43. The quantitative estimate of drug-likeness (QED) is 0.158. The Morgan fingerprint density at radius 1 is 0.310 bits per heavy atom. The van der Waals surface area contributed by atoms with E-state index in [2.05, 4.69) is 240 Å². The molecule has 0 saturated heterocycles. The minimum Gasteiger partial charge on any atom is -0.310 e. The van der Waals surface area contributed by atoms with Crippen LogP contribution >= 0.6 is 0 Å². The van der Waals surface area contributed by atoms with Gasteiger partial charge in [-0.1, -0.05) is 170 Å². The van der Waals surface area contributed by atoms with E-state index >= 15 is 0 Å². The number of hydrogen-bond donors (Lipinski definition) is 0. The van der Waals surface area contributed by atoms with Crippen molar-refractivity contribution in [2.75, 3.05) is 4.90 Å². The summed E-state index contributed by atoms with van der Waals surface area (Å²) >= 11 is 0. The van der Waals surface area contributed by atoms with Crippen molar-refractivity contribution in [2.45, 2.75) is 0 Å². The van der Waals surface area contributed by atoms with Crippen molar-refractivity contribution in [1.29, 1.82) is 0 Å². The topological polar surface area (TPSA) is 8.17 Å². The highest BCUT2D eigenvalue weighted by Gasteiger charge is 2.21. The van der Waals surface area contributed by atoms with Crippen LogP contribution in [-0.4, -0.2) is 4.57 Å². The van der Waals surface area contributed by atoms with Crippen LogP contribution in [0.1, 0.15) is 0 Å². The summed E-state index contributed by atoms with van der Waals surface area (Å²) in [6, 6.07) is 83.7. The summed E-state index contributed by atoms with van der Waals surface area (Å²) in [5, 5.41) is 7.43. The van der Waals surface area contributed by atoms with Crippen molar-refractivity contribution in [1.82, 2.24) is 4.57 Å². The molecule has 2 nitrogen and oxygen atoms in total. The number of nitrogens with zero attached hydrogens (tertiary/aromatic N) is 2. The summed E-state index contributed by atoms with van der Waals surface area (Å²) < 4.78 is 2.39. The molecule has 272 valence electrons. The van der Waals surface area contributed by atoms with Gasteiger partial charge in [0.15, 0.2) is 0 Å². The van der Waals surface area contributed by atoms with Crippen molar-refractivity contribution < 1.29 is 0 Å². The minimum absolute atomic E-state index is 1.09. The number of anilines is 3. The first-order valence-corrected chi connectivity index (χ1v) is 19.9. The summed E-state index contributed by atoms with van der Waals surface area (Å²) in [6.07, 6.45) is 0. The molecular weight excluding hydrogens is 701 g/mol. The molecule has 0 atom stereocenters. The Bertz CT molecular complexity index is 3250. The molecular formula is C56H38N2. The number of fused-ring (bicyclic) bond motifs is 5. The van der Waals surface area contributed by atoms with Gasteiger partial charge in [-0.05, 0) is 116 Å². The molecule has 58 heavy (non-hydrogen) atoms. The molecule has 0 N–H and O–H groups in total. The maximum atomic E-state index is 2.43. The molecule has 0 amide bonds. The SMILES string of the molecule is c1ccc(-c2cccc3cccc(-c4ccc(N(c5ccc(-c6ccc7ccccc7c6)cc5)c5cccc6c5c5ccccc5n6-c5ccccc5)cc4)c23)cc1. The van der Waals surface area contributed by atoms with Crippen molar-refractivity contribution in [3.63, 3.8) is 0 Å². The third-order valence-electron chi connectivity index (χ3n) is 11.6. The van der Waals surface area contributed by atoms with E-state index in [0.29, 0.717) is 0 Å². The average Bonchev–Trinajstić information content (AvgIpc) is 3.65. The lowest BCUT2D eigenvalue weighted by molar-refractivity contribution is 1.18. The number of hydrogen-bond acceptors (Lipinski definition) is 1. The Kier molecular flexibility index (Phi) is 8.19. The fraction of sp³-hybridized carbons (Fsp3) is 0. The number of para-hydroxylation sites is 2. The average molecular weight is 739 g/mol. The van der Waals surface area contributed by atoms with E-state index < -0.39 is 0 Å². The highest BCUT2D eigenvalue weighted by atomic mass is 15.1. The molecule has 0 spiro atoms. The predicted molar refractivity (Wildman–Crippen MR) is 247 cm³/mol. The highest BCUT2D eigenvalue weighted by Crippen LogP contribution is 2.45. The molecule has 0 unspecified atom stereocenters. The zero-order chi connectivity index (χ0) is 38.4. The van der Waals surface area contributed by atoms with Gasteiger partial charge >= 0.3 is 0 Å². The lowest BCUT2D eigenvalue weighted by atomic mass is 9.91. The summed E-state index contributed by atoms with van der Waals surface area (Å²) in [5.74, 6) is 0. The Morgan fingerprint density at radius 3 is 1.57 bits per heavy atom. The van der Waals surface area contributed by atoms with Gasteiger partial charge in [-0.25, -0.2) is 0 Å². The van der Waals surface area contributed by atoms with Crippen molar-refractivity contribution in [3.8, 4) is 39.1 Å². The van der Waals surface area contributed by atoms with Crippen molar-refractivity contribution in [2.24, 2.45) is 0 Å². The Labute approximate surface area is 338 Å². The van der Waals surface area contributed by atoms with Gasteiger partial charge in [0.1, 0.15) is 0 Å². The fourth-order valence-corrected chi connectivity index (χ4v) is 8.87. The van der Waals surface area contributed by atoms with E-state index in [1.807, 2.05) is 0 Å². The fourth-order valence-electron chi connectivity index (χ4n) is 8.87. The zero-order valence-corrected chi connectivity index (χ0v) is 31.8. The monoisotopic (exact) mass is 738 g/mol. The van der Waals surface area contributed by atoms with Gasteiger partial charge in [0, 0.05) is 27.8 Å². The van der Waals surface area contributed by atoms with Crippen LogP contribution in [0.2, 0.25) is 0 Å². The van der Waals surface area contributed by atoms with Gasteiger partial charge < -0.3 is 9.47 Å². The molecule has 0 aliphatic heterocycles. The molecule has 10 aromatic carbocycles. The van der Waals surface area contributed by atoms with Gasteiger partial charge in [0.2, 0.25) is 0 Å². The summed E-state index contributed by atoms with van der Waals surface area (Å²) in [5.41, 5.74) is 14.1. The van der Waals surface area contributed by atoms with Gasteiger partial charge in [-0.15, -0.1) is 0 Å². The summed E-state index contributed by atoms with van der Waals surface area (Å²) in [7, 11) is 0. The van der Waals surface area contributed by atoms with Crippen LogP contribution in [0.4, 0.5) is 17.1 Å². The van der Waals surface area contributed by atoms with Crippen LogP contribution in [0.3, 0.4) is 0 Å². The molecule has 0 fully saturated rings. The Hall–Kier alpha value is -7.68. The van der Waals surface area contributed by atoms with Crippen LogP contribution < -0.4 is 4.90 Å². The molecule has 11 rings (SSSR count). The third-order valence-corrected chi connectivity index (χ3v) is 11.6. The Morgan fingerprint density at radius 2 is 0.845 bits per heavy atom. The molecule has 11 aromatic rings. The zero-order valence-electron chi connectivity index (χ0n) is 31.8. The van der Waals surface area contributed by atoms with E-state index in [-0.39, 0.29) is 0 Å². The van der Waals surface area contributed by atoms with Crippen molar-refractivity contribution >= 4 is 60.4 Å². The van der Waals surface area contributed by atoms with E-state index in [1.165, 1.54) is 76.7 Å². The predicted octanol–water partition coefficient (Wildman–Crippen LogP) is 15.6. The minimum atomic E-state index is 1.09. The van der Waals surface area contributed by atoms with Crippen LogP contribution in [0.25, 0.3) is 82.4 Å². The lowest BCUT2D eigenvalue weighted by Crippen LogP contribution is -2.10. The first kappa shape index (κ1) is 33.6. The normalized spacial score (nSPS) is 11.4. The van der Waals surface area contributed by atoms with Crippen LogP contribution in [0.5, 0.6) is 0 Å². The van der Waals surface area contributed by atoms with E-state index in [4.69, 9.17) is 0 Å². The molecule has 0 bridgehead atoms. The largest absolute Gasteiger partial charge is 0.310 e. The second-order valence-corrected chi connectivity index (χ2v) is 14.9. The summed E-state index contributed by atoms with van der Waals surface area (Å²) in [6.45, 7) is 0. The van der Waals surface area contributed by atoms with Crippen LogP contribution in [0, 0.1) is 0 Å². The molecule has 0 saturated carbocycles. The third kappa shape index (κ3) is 5.74. The molecule has 1 heterocycles. The molecule has 1 aromatic heterocycles. The summed E-state index contributed by atoms with van der Waals surface area (Å²) in [4.78, 5) is 2.43. The second-order valence-electron chi connectivity index (χ2n) is 14.9. The van der Waals surface area contributed by atoms with Crippen LogP contribution in [-0.2, 0) is 0 Å². The number of rotatable bonds is 7. The highest BCUT2D eigenvalue weighted by molar-refractivity contribution is 6.16.